The number of allylic oxidation sites excluding steroid dienone is 1. The van der Waals surface area contributed by atoms with Gasteiger partial charge in [-0.25, -0.2) is 0 Å². The van der Waals surface area contributed by atoms with Crippen molar-refractivity contribution in [3.8, 4) is 11.5 Å². The molecule has 1 rings (SSSR count). The van der Waals surface area contributed by atoms with Crippen LogP contribution in [0, 0.1) is 6.92 Å². The Morgan fingerprint density at radius 3 is 2.24 bits per heavy atom. The Bertz CT molecular complexity index is 488. The lowest BCUT2D eigenvalue weighted by molar-refractivity contribution is -0.0527. The Kier molecular flexibility index (Phi) is 5.81. The van der Waals surface area contributed by atoms with Gasteiger partial charge in [-0.15, -0.1) is 6.58 Å². The van der Waals surface area contributed by atoms with Crippen molar-refractivity contribution in [2.75, 3.05) is 14.2 Å². The molecule has 2 atom stereocenters. The minimum atomic E-state index is -1.16. The van der Waals surface area contributed by atoms with E-state index in [0.29, 0.717) is 6.42 Å². The first-order valence-electron chi connectivity index (χ1n) is 7.00. The van der Waals surface area contributed by atoms with E-state index in [1.165, 1.54) is 0 Å². The molecule has 0 aromatic heterocycles. The minimum absolute atomic E-state index is 0.143. The van der Waals surface area contributed by atoms with Crippen molar-refractivity contribution in [1.29, 1.82) is 0 Å². The zero-order valence-corrected chi connectivity index (χ0v) is 13.5. The van der Waals surface area contributed by atoms with Crippen LogP contribution >= 0.6 is 0 Å². The van der Waals surface area contributed by atoms with Gasteiger partial charge >= 0.3 is 0 Å². The lowest BCUT2D eigenvalue weighted by atomic mass is 9.86. The maximum absolute atomic E-state index is 10.1. The van der Waals surface area contributed by atoms with Crippen LogP contribution in [0.5, 0.6) is 11.5 Å². The summed E-state index contributed by atoms with van der Waals surface area (Å²) in [6.07, 6.45) is 1.24. The fourth-order valence-electron chi connectivity index (χ4n) is 2.24. The molecule has 0 radical (unpaired) electrons. The molecule has 0 aliphatic carbocycles. The molecule has 1 aromatic rings. The van der Waals surface area contributed by atoms with Gasteiger partial charge in [0.15, 0.2) is 0 Å². The van der Waals surface area contributed by atoms with Crippen molar-refractivity contribution in [2.24, 2.45) is 0 Å². The third-order valence-corrected chi connectivity index (χ3v) is 3.72. The molecule has 0 bridgehead atoms. The standard InChI is InChI=1S/C17H26O4/c1-7-12(9-16(18)17(3,4)19)13-10-14(20-5)11(2)8-15(13)21-6/h7-8,10,12,16,18-19H,1,9H2,2-6H3/t12-,16+/m0/s1. The summed E-state index contributed by atoms with van der Waals surface area (Å²) >= 11 is 0. The van der Waals surface area contributed by atoms with E-state index in [0.717, 1.165) is 22.6 Å². The summed E-state index contributed by atoms with van der Waals surface area (Å²) in [5.74, 6) is 1.34. The van der Waals surface area contributed by atoms with E-state index in [4.69, 9.17) is 9.47 Å². The van der Waals surface area contributed by atoms with Gasteiger partial charge in [-0.2, -0.15) is 0 Å². The summed E-state index contributed by atoms with van der Waals surface area (Å²) in [4.78, 5) is 0. The van der Waals surface area contributed by atoms with Gasteiger partial charge in [-0.3, -0.25) is 0 Å². The van der Waals surface area contributed by atoms with Gasteiger partial charge in [-0.05, 0) is 44.9 Å². The third-order valence-electron chi connectivity index (χ3n) is 3.72. The molecule has 0 aliphatic rings. The fraction of sp³-hybridized carbons (Fsp3) is 0.529. The van der Waals surface area contributed by atoms with Crippen LogP contribution in [-0.4, -0.2) is 36.1 Å². The number of hydrogen-bond acceptors (Lipinski definition) is 4. The lowest BCUT2D eigenvalue weighted by Crippen LogP contribution is -2.36. The highest BCUT2D eigenvalue weighted by Gasteiger charge is 2.28. The smallest absolute Gasteiger partial charge is 0.123 e. The molecule has 0 spiro atoms. The number of ether oxygens (including phenoxy) is 2. The highest BCUT2D eigenvalue weighted by atomic mass is 16.5. The fourth-order valence-corrected chi connectivity index (χ4v) is 2.24. The van der Waals surface area contributed by atoms with Gasteiger partial charge in [0.2, 0.25) is 0 Å². The highest BCUT2D eigenvalue weighted by Crippen LogP contribution is 2.37. The first kappa shape index (κ1) is 17.5. The zero-order valence-electron chi connectivity index (χ0n) is 13.5. The van der Waals surface area contributed by atoms with Crippen LogP contribution in [0.3, 0.4) is 0 Å². The Morgan fingerprint density at radius 2 is 1.81 bits per heavy atom. The Hall–Kier alpha value is -1.52. The van der Waals surface area contributed by atoms with Crippen LogP contribution in [0.2, 0.25) is 0 Å². The maximum Gasteiger partial charge on any atom is 0.123 e. The Balaban J connectivity index is 3.18. The molecule has 0 saturated carbocycles. The molecule has 1 aromatic carbocycles. The molecule has 0 saturated heterocycles. The second-order valence-electron chi connectivity index (χ2n) is 5.81. The number of hydrogen-bond donors (Lipinski definition) is 2. The number of aliphatic hydroxyl groups is 2. The van der Waals surface area contributed by atoms with Gasteiger partial charge in [0.25, 0.3) is 0 Å². The summed E-state index contributed by atoms with van der Waals surface area (Å²) in [7, 11) is 3.23. The minimum Gasteiger partial charge on any atom is -0.496 e. The zero-order chi connectivity index (χ0) is 16.2. The predicted octanol–water partition coefficient (Wildman–Crippen LogP) is 2.80. The van der Waals surface area contributed by atoms with Crippen LogP contribution in [0.15, 0.2) is 24.8 Å². The quantitative estimate of drug-likeness (QED) is 0.759. The monoisotopic (exact) mass is 294 g/mol. The molecular weight excluding hydrogens is 268 g/mol. The van der Waals surface area contributed by atoms with Crippen molar-refractivity contribution >= 4 is 0 Å². The van der Waals surface area contributed by atoms with Crippen molar-refractivity contribution in [2.45, 2.75) is 44.8 Å². The lowest BCUT2D eigenvalue weighted by Gasteiger charge is -2.28. The van der Waals surface area contributed by atoms with Gasteiger partial charge in [-0.1, -0.05) is 6.08 Å². The van der Waals surface area contributed by atoms with E-state index >= 15 is 0 Å². The highest BCUT2D eigenvalue weighted by molar-refractivity contribution is 5.48. The SMILES string of the molecule is C=C[C@@H](C[C@@H](O)C(C)(C)O)c1cc(OC)c(C)cc1OC. The molecule has 2 N–H and O–H groups in total. The summed E-state index contributed by atoms with van der Waals surface area (Å²) < 4.78 is 10.8. The van der Waals surface area contributed by atoms with Crippen molar-refractivity contribution in [1.82, 2.24) is 0 Å². The average molecular weight is 294 g/mol. The predicted molar refractivity (Wildman–Crippen MR) is 84.1 cm³/mol. The third kappa shape index (κ3) is 4.22. The van der Waals surface area contributed by atoms with E-state index in [1.807, 2.05) is 19.1 Å². The first-order valence-corrected chi connectivity index (χ1v) is 7.00. The maximum atomic E-state index is 10.1. The molecule has 0 heterocycles. The first-order chi connectivity index (χ1) is 9.74. The molecule has 0 unspecified atom stereocenters. The van der Waals surface area contributed by atoms with Crippen molar-refractivity contribution < 1.29 is 19.7 Å². The van der Waals surface area contributed by atoms with Crippen LogP contribution < -0.4 is 9.47 Å². The van der Waals surface area contributed by atoms with E-state index in [1.54, 1.807) is 34.1 Å². The van der Waals surface area contributed by atoms with Gasteiger partial charge in [0, 0.05) is 11.5 Å². The second kappa shape index (κ2) is 6.96. The number of aliphatic hydroxyl groups excluding tert-OH is 1. The molecule has 4 heteroatoms. The molecule has 21 heavy (non-hydrogen) atoms. The summed E-state index contributed by atoms with van der Waals surface area (Å²) in [5, 5.41) is 20.0. The summed E-state index contributed by atoms with van der Waals surface area (Å²) in [6.45, 7) is 8.96. The number of rotatable bonds is 7. The Labute approximate surface area is 127 Å². The Morgan fingerprint density at radius 1 is 1.24 bits per heavy atom. The number of benzene rings is 1. The van der Waals surface area contributed by atoms with E-state index in [9.17, 15) is 10.2 Å². The van der Waals surface area contributed by atoms with Crippen LogP contribution in [0.25, 0.3) is 0 Å². The number of methoxy groups -OCH3 is 2. The largest absolute Gasteiger partial charge is 0.496 e. The molecular formula is C17H26O4. The van der Waals surface area contributed by atoms with Crippen molar-refractivity contribution in [3.63, 3.8) is 0 Å². The van der Waals surface area contributed by atoms with Gasteiger partial charge in [0.05, 0.1) is 25.9 Å². The van der Waals surface area contributed by atoms with Crippen LogP contribution in [-0.2, 0) is 0 Å². The molecule has 0 amide bonds. The average Bonchev–Trinajstić information content (AvgIpc) is 2.43. The topological polar surface area (TPSA) is 58.9 Å². The summed E-state index contributed by atoms with van der Waals surface area (Å²) in [6, 6.07) is 3.80. The normalized spacial score (nSPS) is 14.4. The molecule has 4 nitrogen and oxygen atoms in total. The van der Waals surface area contributed by atoms with Crippen LogP contribution in [0.4, 0.5) is 0 Å². The van der Waals surface area contributed by atoms with E-state index < -0.39 is 11.7 Å². The van der Waals surface area contributed by atoms with Gasteiger partial charge in [0.1, 0.15) is 11.5 Å². The molecule has 0 fully saturated rings. The van der Waals surface area contributed by atoms with E-state index in [2.05, 4.69) is 6.58 Å². The van der Waals surface area contributed by atoms with E-state index in [-0.39, 0.29) is 5.92 Å². The van der Waals surface area contributed by atoms with Crippen LogP contribution in [0.1, 0.15) is 37.3 Å². The van der Waals surface area contributed by atoms with Gasteiger partial charge < -0.3 is 19.7 Å². The molecule has 0 aliphatic heterocycles. The summed E-state index contributed by atoms with van der Waals surface area (Å²) in [5.41, 5.74) is 0.700. The van der Waals surface area contributed by atoms with Crippen molar-refractivity contribution in [3.05, 3.63) is 35.9 Å². The molecule has 118 valence electrons. The number of aryl methyl sites for hydroxylation is 1. The second-order valence-corrected chi connectivity index (χ2v) is 5.81.